The Labute approximate surface area is 142 Å². The summed E-state index contributed by atoms with van der Waals surface area (Å²) < 4.78 is 1.83. The Balaban J connectivity index is 1.78. The molecule has 3 aromatic rings. The van der Waals surface area contributed by atoms with E-state index in [9.17, 15) is 0 Å². The monoisotopic (exact) mass is 350 g/mol. The first-order valence-electron chi connectivity index (χ1n) is 6.88. The maximum Gasteiger partial charge on any atom is 0.234 e. The molecule has 0 spiro atoms. The van der Waals surface area contributed by atoms with Gasteiger partial charge in [-0.3, -0.25) is 0 Å². The quantitative estimate of drug-likeness (QED) is 0.671. The van der Waals surface area contributed by atoms with Gasteiger partial charge in [0, 0.05) is 5.02 Å². The first-order chi connectivity index (χ1) is 10.6. The van der Waals surface area contributed by atoms with Gasteiger partial charge in [0.05, 0.1) is 5.75 Å². The molecule has 0 bridgehead atoms. The van der Waals surface area contributed by atoms with E-state index in [1.807, 2.05) is 52.7 Å². The topological polar surface area (TPSA) is 43.1 Å². The number of nitrogens with zero attached hydrogens (tertiary/aromatic N) is 4. The Morgan fingerprint density at radius 2 is 2.00 bits per heavy atom. The van der Waals surface area contributed by atoms with E-state index in [2.05, 4.69) is 29.1 Å². The maximum absolute atomic E-state index is 5.88. The Morgan fingerprint density at radius 1 is 1.23 bits per heavy atom. The second-order valence-electron chi connectivity index (χ2n) is 5.00. The summed E-state index contributed by atoms with van der Waals surface area (Å²) in [5, 5.41) is 15.2. The maximum atomic E-state index is 5.88. The highest BCUT2D eigenvalue weighted by atomic mass is 35.5. The molecule has 0 aliphatic heterocycles. The molecule has 0 aliphatic rings. The van der Waals surface area contributed by atoms with Crippen molar-refractivity contribution in [3.05, 3.63) is 45.7 Å². The molecular weight excluding hydrogens is 336 g/mol. The number of benzene rings is 1. The van der Waals surface area contributed by atoms with Crippen molar-refractivity contribution < 1.29 is 0 Å². The molecule has 0 atom stereocenters. The Kier molecular flexibility index (Phi) is 4.81. The molecule has 0 radical (unpaired) electrons. The van der Waals surface area contributed by atoms with Crippen molar-refractivity contribution in [1.82, 2.24) is 19.8 Å². The molecule has 0 fully saturated rings. The van der Waals surface area contributed by atoms with Gasteiger partial charge < -0.3 is 0 Å². The molecule has 0 amide bonds. The lowest BCUT2D eigenvalue weighted by atomic mass is 10.2. The number of thioether (sulfide) groups is 1. The molecule has 3 rings (SSSR count). The van der Waals surface area contributed by atoms with E-state index in [0.29, 0.717) is 5.25 Å². The third-order valence-electron chi connectivity index (χ3n) is 2.91. The number of hydrogen-bond acceptors (Lipinski definition) is 5. The van der Waals surface area contributed by atoms with Crippen molar-refractivity contribution in [2.24, 2.45) is 0 Å². The van der Waals surface area contributed by atoms with Crippen LogP contribution in [0.15, 0.2) is 24.3 Å². The smallest absolute Gasteiger partial charge is 0.186 e. The van der Waals surface area contributed by atoms with Crippen LogP contribution in [-0.2, 0) is 5.75 Å². The van der Waals surface area contributed by atoms with Crippen LogP contribution in [0.1, 0.15) is 30.2 Å². The zero-order valence-electron chi connectivity index (χ0n) is 12.2. The first kappa shape index (κ1) is 15.5. The van der Waals surface area contributed by atoms with Crippen molar-refractivity contribution in [1.29, 1.82) is 0 Å². The summed E-state index contributed by atoms with van der Waals surface area (Å²) in [7, 11) is 0. The van der Waals surface area contributed by atoms with E-state index in [4.69, 9.17) is 11.6 Å². The number of hydrogen-bond donors (Lipinski definition) is 0. The van der Waals surface area contributed by atoms with Gasteiger partial charge in [-0.25, -0.2) is 0 Å². The number of aromatic nitrogens is 4. The molecular formula is C15H15ClN4S2. The summed E-state index contributed by atoms with van der Waals surface area (Å²) >= 11 is 9.25. The van der Waals surface area contributed by atoms with Gasteiger partial charge in [0.1, 0.15) is 5.01 Å². The van der Waals surface area contributed by atoms with E-state index >= 15 is 0 Å². The summed E-state index contributed by atoms with van der Waals surface area (Å²) in [6, 6.07) is 7.70. The van der Waals surface area contributed by atoms with E-state index in [-0.39, 0.29) is 0 Å². The van der Waals surface area contributed by atoms with E-state index in [0.717, 1.165) is 32.1 Å². The van der Waals surface area contributed by atoms with Crippen molar-refractivity contribution in [2.45, 2.75) is 24.9 Å². The van der Waals surface area contributed by atoms with Gasteiger partial charge in [0.15, 0.2) is 5.82 Å². The molecule has 0 saturated carbocycles. The van der Waals surface area contributed by atoms with E-state index in [1.165, 1.54) is 11.3 Å². The fourth-order valence-corrected chi connectivity index (χ4v) is 3.36. The highest BCUT2D eigenvalue weighted by Gasteiger charge is 2.10. The third kappa shape index (κ3) is 3.69. The fourth-order valence-electron chi connectivity index (χ4n) is 1.81. The SMILES string of the molecule is CC(C)SCc1nnc2sc(C=Cc3ccc(Cl)cc3)nn12. The molecule has 0 aliphatic carbocycles. The first-order valence-corrected chi connectivity index (χ1v) is 9.12. The van der Waals surface area contributed by atoms with Crippen LogP contribution in [0.5, 0.6) is 0 Å². The average Bonchev–Trinajstić information content (AvgIpc) is 3.05. The van der Waals surface area contributed by atoms with E-state index < -0.39 is 0 Å². The minimum Gasteiger partial charge on any atom is -0.186 e. The van der Waals surface area contributed by atoms with Crippen LogP contribution >= 0.6 is 34.7 Å². The predicted molar refractivity (Wildman–Crippen MR) is 95.5 cm³/mol. The van der Waals surface area contributed by atoms with Gasteiger partial charge >= 0.3 is 0 Å². The zero-order valence-corrected chi connectivity index (χ0v) is 14.6. The van der Waals surface area contributed by atoms with Crippen LogP contribution in [-0.4, -0.2) is 25.1 Å². The predicted octanol–water partition coefficient (Wildman–Crippen LogP) is 4.65. The molecule has 2 aromatic heterocycles. The number of halogens is 1. The summed E-state index contributed by atoms with van der Waals surface area (Å²) in [4.78, 5) is 0.829. The Morgan fingerprint density at radius 3 is 2.73 bits per heavy atom. The third-order valence-corrected chi connectivity index (χ3v) is 5.11. The van der Waals surface area contributed by atoms with Crippen molar-refractivity contribution in [3.63, 3.8) is 0 Å². The number of fused-ring (bicyclic) bond motifs is 1. The molecule has 1 aromatic carbocycles. The lowest BCUT2D eigenvalue weighted by Crippen LogP contribution is -1.96. The van der Waals surface area contributed by atoms with Crippen LogP contribution in [0.2, 0.25) is 5.02 Å². The van der Waals surface area contributed by atoms with Crippen LogP contribution in [0.4, 0.5) is 0 Å². The van der Waals surface area contributed by atoms with Gasteiger partial charge in [0.2, 0.25) is 4.96 Å². The molecule has 0 unspecified atom stereocenters. The standard InChI is InChI=1S/C15H15ClN4S2/c1-10(2)21-9-13-17-18-15-20(13)19-14(22-15)8-5-11-3-6-12(16)7-4-11/h3-8,10H,9H2,1-2H3. The highest BCUT2D eigenvalue weighted by molar-refractivity contribution is 7.99. The second kappa shape index (κ2) is 6.81. The summed E-state index contributed by atoms with van der Waals surface area (Å²) in [6.45, 7) is 4.34. The second-order valence-corrected chi connectivity index (χ2v) is 7.98. The van der Waals surface area contributed by atoms with Crippen LogP contribution in [0.3, 0.4) is 0 Å². The Bertz CT molecular complexity index is 790. The lowest BCUT2D eigenvalue weighted by molar-refractivity contribution is 0.878. The largest absolute Gasteiger partial charge is 0.234 e. The van der Waals surface area contributed by atoms with Gasteiger partial charge in [-0.15, -0.1) is 10.2 Å². The van der Waals surface area contributed by atoms with Crippen molar-refractivity contribution in [3.8, 4) is 0 Å². The highest BCUT2D eigenvalue weighted by Crippen LogP contribution is 2.21. The molecule has 7 heteroatoms. The summed E-state index contributed by atoms with van der Waals surface area (Å²) in [5.41, 5.74) is 1.09. The molecule has 0 saturated heterocycles. The van der Waals surface area contributed by atoms with Crippen LogP contribution in [0.25, 0.3) is 17.1 Å². The van der Waals surface area contributed by atoms with E-state index in [1.54, 1.807) is 0 Å². The van der Waals surface area contributed by atoms with Gasteiger partial charge in [-0.2, -0.15) is 21.4 Å². The molecule has 114 valence electrons. The molecule has 2 heterocycles. The fraction of sp³-hybridized carbons (Fsp3) is 0.267. The van der Waals surface area contributed by atoms with Crippen LogP contribution < -0.4 is 0 Å². The minimum absolute atomic E-state index is 0.565. The number of rotatable bonds is 5. The summed E-state index contributed by atoms with van der Waals surface area (Å²) in [5.74, 6) is 1.72. The minimum atomic E-state index is 0.565. The van der Waals surface area contributed by atoms with Crippen molar-refractivity contribution >= 4 is 51.8 Å². The van der Waals surface area contributed by atoms with Gasteiger partial charge in [-0.05, 0) is 29.0 Å². The van der Waals surface area contributed by atoms with Crippen molar-refractivity contribution in [2.75, 3.05) is 0 Å². The Hall–Kier alpha value is -1.37. The summed E-state index contributed by atoms with van der Waals surface area (Å²) in [6.07, 6.45) is 4.01. The molecule has 4 nitrogen and oxygen atoms in total. The normalized spacial score (nSPS) is 12.0. The van der Waals surface area contributed by atoms with Gasteiger partial charge in [-0.1, -0.05) is 55.0 Å². The average molecular weight is 351 g/mol. The lowest BCUT2D eigenvalue weighted by Gasteiger charge is -2.00. The molecule has 22 heavy (non-hydrogen) atoms. The van der Waals surface area contributed by atoms with Gasteiger partial charge in [0.25, 0.3) is 0 Å². The van der Waals surface area contributed by atoms with Crippen LogP contribution in [0, 0.1) is 0 Å². The molecule has 0 N–H and O–H groups in total. The zero-order chi connectivity index (χ0) is 15.5.